The van der Waals surface area contributed by atoms with Gasteiger partial charge in [0.25, 0.3) is 5.69 Å². The van der Waals surface area contributed by atoms with Crippen molar-refractivity contribution in [2.75, 3.05) is 31.2 Å². The van der Waals surface area contributed by atoms with Crippen LogP contribution in [0.5, 0.6) is 0 Å². The van der Waals surface area contributed by atoms with E-state index in [-0.39, 0.29) is 5.69 Å². The number of anilines is 1. The van der Waals surface area contributed by atoms with E-state index < -0.39 is 10.7 Å². The number of aromatic nitrogens is 3. The Morgan fingerprint density at radius 1 is 1.38 bits per heavy atom. The average Bonchev–Trinajstić information content (AvgIpc) is 2.99. The van der Waals surface area contributed by atoms with Gasteiger partial charge in [0.05, 0.1) is 29.1 Å². The average molecular weight is 353 g/mol. The molecular weight excluding hydrogens is 337 g/mol. The molecule has 0 amide bonds. The molecule has 0 spiro atoms. The first-order valence-corrected chi connectivity index (χ1v) is 8.29. The Balaban J connectivity index is 1.91. The number of hydrogen-bond donors (Lipinski definition) is 0. The number of hydrogen-bond acceptors (Lipinski definition) is 7. The second-order valence-corrected chi connectivity index (χ2v) is 6.11. The maximum Gasteiger partial charge on any atom is 0.286 e. The second kappa shape index (κ2) is 7.14. The summed E-state index contributed by atoms with van der Waals surface area (Å²) in [4.78, 5) is 12.9. The van der Waals surface area contributed by atoms with Crippen molar-refractivity contribution < 1.29 is 14.1 Å². The summed E-state index contributed by atoms with van der Waals surface area (Å²) in [6.07, 6.45) is 0. The van der Waals surface area contributed by atoms with Crippen molar-refractivity contribution in [3.63, 3.8) is 0 Å². The molecule has 2 heterocycles. The third kappa shape index (κ3) is 3.34. The molecule has 24 heavy (non-hydrogen) atoms. The van der Waals surface area contributed by atoms with E-state index >= 15 is 0 Å². The molecule has 3 rings (SSSR count). The highest BCUT2D eigenvalue weighted by Gasteiger charge is 2.23. The van der Waals surface area contributed by atoms with Gasteiger partial charge in [-0.25, -0.2) is 4.39 Å². The Labute approximate surface area is 141 Å². The summed E-state index contributed by atoms with van der Waals surface area (Å²) in [6.45, 7) is 5.28. The quantitative estimate of drug-likeness (QED) is 0.602. The summed E-state index contributed by atoms with van der Waals surface area (Å²) in [5.41, 5.74) is -0.279. The minimum atomic E-state index is -0.642. The Morgan fingerprint density at radius 2 is 2.12 bits per heavy atom. The lowest BCUT2D eigenvalue weighted by Gasteiger charge is -2.27. The van der Waals surface area contributed by atoms with Gasteiger partial charge in [-0.2, -0.15) is 0 Å². The minimum Gasteiger partial charge on any atom is -0.378 e. The monoisotopic (exact) mass is 353 g/mol. The zero-order valence-corrected chi connectivity index (χ0v) is 13.8. The van der Waals surface area contributed by atoms with Gasteiger partial charge >= 0.3 is 0 Å². The van der Waals surface area contributed by atoms with Crippen LogP contribution >= 0.6 is 11.8 Å². The van der Waals surface area contributed by atoms with Crippen LogP contribution in [0.4, 0.5) is 16.0 Å². The third-order valence-corrected chi connectivity index (χ3v) is 4.68. The van der Waals surface area contributed by atoms with Gasteiger partial charge in [0.15, 0.2) is 5.16 Å². The maximum absolute atomic E-state index is 13.3. The summed E-state index contributed by atoms with van der Waals surface area (Å²) in [7, 11) is 0. The topological polar surface area (TPSA) is 86.3 Å². The molecule has 1 aromatic carbocycles. The fourth-order valence-corrected chi connectivity index (χ4v) is 3.42. The first kappa shape index (κ1) is 16.7. The van der Waals surface area contributed by atoms with Crippen molar-refractivity contribution in [1.29, 1.82) is 0 Å². The van der Waals surface area contributed by atoms with Gasteiger partial charge < -0.3 is 9.64 Å². The molecule has 1 saturated heterocycles. The first-order valence-electron chi connectivity index (χ1n) is 7.48. The van der Waals surface area contributed by atoms with E-state index in [4.69, 9.17) is 4.74 Å². The Kier molecular flexibility index (Phi) is 4.95. The van der Waals surface area contributed by atoms with E-state index in [0.29, 0.717) is 35.8 Å². The molecule has 1 aliphatic heterocycles. The predicted molar refractivity (Wildman–Crippen MR) is 85.9 cm³/mol. The smallest absolute Gasteiger partial charge is 0.286 e. The molecule has 0 bridgehead atoms. The first-order chi connectivity index (χ1) is 11.6. The minimum absolute atomic E-state index is 0.279. The number of rotatable bonds is 5. The Bertz CT molecular complexity index is 748. The van der Waals surface area contributed by atoms with Crippen LogP contribution in [0, 0.1) is 15.9 Å². The van der Waals surface area contributed by atoms with Crippen LogP contribution in [0.15, 0.2) is 28.3 Å². The van der Waals surface area contributed by atoms with E-state index in [1.807, 2.05) is 11.5 Å². The molecule has 1 aromatic heterocycles. The van der Waals surface area contributed by atoms with E-state index in [1.54, 1.807) is 0 Å². The lowest BCUT2D eigenvalue weighted by Crippen LogP contribution is -2.38. The van der Waals surface area contributed by atoms with E-state index in [1.165, 1.54) is 12.1 Å². The fourth-order valence-electron chi connectivity index (χ4n) is 2.45. The summed E-state index contributed by atoms with van der Waals surface area (Å²) in [5, 5.41) is 20.0. The largest absolute Gasteiger partial charge is 0.378 e. The van der Waals surface area contributed by atoms with Crippen LogP contribution < -0.4 is 4.90 Å². The normalized spacial score (nSPS) is 14.8. The van der Waals surface area contributed by atoms with Crippen LogP contribution in [0.25, 0.3) is 0 Å². The molecule has 1 fully saturated rings. The van der Waals surface area contributed by atoms with Crippen molar-refractivity contribution in [3.05, 3.63) is 34.1 Å². The lowest BCUT2D eigenvalue weighted by atomic mass is 10.3. The molecular formula is C14H16FN5O3S. The molecule has 1 aliphatic rings. The number of benzene rings is 1. The van der Waals surface area contributed by atoms with Gasteiger partial charge in [-0.3, -0.25) is 14.7 Å². The van der Waals surface area contributed by atoms with Crippen LogP contribution in [-0.4, -0.2) is 46.0 Å². The van der Waals surface area contributed by atoms with Gasteiger partial charge in [-0.15, -0.1) is 10.2 Å². The molecule has 2 aromatic rings. The molecule has 0 aliphatic carbocycles. The Morgan fingerprint density at radius 3 is 2.79 bits per heavy atom. The highest BCUT2D eigenvalue weighted by atomic mass is 32.2. The van der Waals surface area contributed by atoms with Crippen molar-refractivity contribution in [1.82, 2.24) is 14.8 Å². The van der Waals surface area contributed by atoms with Gasteiger partial charge in [-0.1, -0.05) is 0 Å². The van der Waals surface area contributed by atoms with Crippen LogP contribution in [0.3, 0.4) is 0 Å². The van der Waals surface area contributed by atoms with Crippen LogP contribution in [0.1, 0.15) is 6.92 Å². The molecule has 0 unspecified atom stereocenters. The van der Waals surface area contributed by atoms with Gasteiger partial charge in [0.2, 0.25) is 5.95 Å². The summed E-state index contributed by atoms with van der Waals surface area (Å²) in [6, 6.07) is 3.50. The fraction of sp³-hybridized carbons (Fsp3) is 0.429. The SMILES string of the molecule is CCn1c(Sc2ccc(F)cc2[N+](=O)[O-])nnc1N1CCOCC1. The third-order valence-electron chi connectivity index (χ3n) is 3.63. The van der Waals surface area contributed by atoms with Crippen molar-refractivity contribution in [2.45, 2.75) is 23.5 Å². The van der Waals surface area contributed by atoms with E-state index in [2.05, 4.69) is 15.1 Å². The van der Waals surface area contributed by atoms with Gasteiger partial charge in [0.1, 0.15) is 5.82 Å². The standard InChI is InChI=1S/C14H16FN5O3S/c1-2-19-13(18-5-7-23-8-6-18)16-17-14(19)24-12-4-3-10(15)9-11(12)20(21)22/h3-4,9H,2,5-8H2,1H3. The predicted octanol–water partition coefficient (Wildman–Crippen LogP) is 2.33. The number of ether oxygens (including phenoxy) is 1. The molecule has 8 nitrogen and oxygen atoms in total. The van der Waals surface area contributed by atoms with Gasteiger partial charge in [0, 0.05) is 19.6 Å². The molecule has 10 heteroatoms. The van der Waals surface area contributed by atoms with Crippen molar-refractivity contribution in [2.24, 2.45) is 0 Å². The molecule has 0 N–H and O–H groups in total. The maximum atomic E-state index is 13.3. The van der Waals surface area contributed by atoms with Crippen LogP contribution in [0.2, 0.25) is 0 Å². The second-order valence-electron chi connectivity index (χ2n) is 5.10. The number of nitro groups is 1. The number of halogens is 1. The lowest BCUT2D eigenvalue weighted by molar-refractivity contribution is -0.387. The summed E-state index contributed by atoms with van der Waals surface area (Å²) < 4.78 is 20.5. The van der Waals surface area contributed by atoms with Crippen molar-refractivity contribution in [3.8, 4) is 0 Å². The summed E-state index contributed by atoms with van der Waals surface area (Å²) >= 11 is 1.11. The molecule has 0 atom stereocenters. The van der Waals surface area contributed by atoms with E-state index in [0.717, 1.165) is 30.9 Å². The van der Waals surface area contributed by atoms with Gasteiger partial charge in [-0.05, 0) is 30.8 Å². The molecule has 0 radical (unpaired) electrons. The number of nitrogens with zero attached hydrogens (tertiary/aromatic N) is 5. The number of morpholine rings is 1. The van der Waals surface area contributed by atoms with Crippen molar-refractivity contribution >= 4 is 23.4 Å². The molecule has 0 saturated carbocycles. The van der Waals surface area contributed by atoms with Crippen LogP contribution in [-0.2, 0) is 11.3 Å². The number of nitro benzene ring substituents is 1. The van der Waals surface area contributed by atoms with E-state index in [9.17, 15) is 14.5 Å². The highest BCUT2D eigenvalue weighted by molar-refractivity contribution is 7.99. The zero-order valence-electron chi connectivity index (χ0n) is 13.0. The zero-order chi connectivity index (χ0) is 17.1. The molecule has 128 valence electrons. The highest BCUT2D eigenvalue weighted by Crippen LogP contribution is 2.35. The Hall–Kier alpha value is -2.20. The summed E-state index contributed by atoms with van der Waals surface area (Å²) in [5.74, 6) is 0.0741.